The van der Waals surface area contributed by atoms with Gasteiger partial charge in [-0.15, -0.1) is 0 Å². The van der Waals surface area contributed by atoms with Gasteiger partial charge in [0, 0.05) is 52.8 Å². The molecule has 0 spiro atoms. The molecule has 0 aromatic heterocycles. The SMILES string of the molecule is CCN(CC)c1ccc2c(-c3ccccc3C(=O)O[C@H]3CC[C@]4(C)[C@H]5CC=C6[C@@H]7[C@@H](C)[C@H](C)CC[C@]7(C(=O)OC)CC[C@@]6(C)[C@]5(C)CC[C@H]4C3(C)C)c3ccc(=[N+](CC)CC)cc-3oc2c1.[Cl-]. The molecule has 1 heterocycles. The summed E-state index contributed by atoms with van der Waals surface area (Å²) in [5.74, 6) is 2.74. The van der Waals surface area contributed by atoms with Crippen LogP contribution < -0.4 is 27.2 Å². The van der Waals surface area contributed by atoms with Crippen molar-refractivity contribution in [2.24, 2.45) is 56.7 Å². The van der Waals surface area contributed by atoms with E-state index in [1.54, 1.807) is 12.7 Å². The van der Waals surface area contributed by atoms with E-state index in [2.05, 4.69) is 134 Å². The topological polar surface area (TPSA) is 72.0 Å². The lowest BCUT2D eigenvalue weighted by Gasteiger charge is -2.71. The fourth-order valence-electron chi connectivity index (χ4n) is 16.0. The summed E-state index contributed by atoms with van der Waals surface area (Å²) in [6.45, 7) is 29.7. The molecule has 7 aliphatic rings. The second-order valence-electron chi connectivity index (χ2n) is 22.8. The Hall–Kier alpha value is -4.10. The third kappa shape index (κ3) is 7.34. The molecular weight excluding hydrogens is 852 g/mol. The fraction of sp³-hybridized carbons (Fsp3) is 0.610. The van der Waals surface area contributed by atoms with E-state index in [0.717, 1.165) is 128 Å². The summed E-state index contributed by atoms with van der Waals surface area (Å²) in [5, 5.41) is 2.10. The zero-order valence-electron chi connectivity index (χ0n) is 42.8. The summed E-state index contributed by atoms with van der Waals surface area (Å²) in [6, 6.07) is 21.1. The van der Waals surface area contributed by atoms with Crippen LogP contribution in [-0.4, -0.2) is 51.3 Å². The quantitative estimate of drug-likeness (QED) is 0.0721. The van der Waals surface area contributed by atoms with Crippen LogP contribution in [0, 0.1) is 56.7 Å². The molecule has 10 atom stereocenters. The van der Waals surface area contributed by atoms with Crippen molar-refractivity contribution < 1.29 is 35.9 Å². The van der Waals surface area contributed by atoms with Crippen molar-refractivity contribution in [1.82, 2.24) is 4.58 Å². The highest BCUT2D eigenvalue weighted by atomic mass is 35.5. The Morgan fingerprint density at radius 1 is 0.806 bits per heavy atom. The van der Waals surface area contributed by atoms with E-state index in [9.17, 15) is 9.59 Å². The summed E-state index contributed by atoms with van der Waals surface area (Å²) < 4.78 is 21.7. The minimum Gasteiger partial charge on any atom is -1.00 e. The van der Waals surface area contributed by atoms with Crippen molar-refractivity contribution >= 4 is 28.6 Å². The van der Waals surface area contributed by atoms with Crippen molar-refractivity contribution in [1.29, 1.82) is 0 Å². The van der Waals surface area contributed by atoms with Gasteiger partial charge in [-0.1, -0.05) is 78.3 Å². The Balaban J connectivity index is 0.00000608. The molecule has 362 valence electrons. The fourth-order valence-corrected chi connectivity index (χ4v) is 16.0. The van der Waals surface area contributed by atoms with Gasteiger partial charge in [0.05, 0.1) is 24.2 Å². The van der Waals surface area contributed by atoms with Gasteiger partial charge in [-0.3, -0.25) is 4.79 Å². The molecule has 2 aromatic carbocycles. The molecule has 2 aromatic rings. The van der Waals surface area contributed by atoms with Crippen LogP contribution in [0.5, 0.6) is 0 Å². The van der Waals surface area contributed by atoms with Crippen LogP contribution in [0.3, 0.4) is 0 Å². The Bertz CT molecular complexity index is 2600. The van der Waals surface area contributed by atoms with Crippen LogP contribution in [0.15, 0.2) is 76.7 Å². The van der Waals surface area contributed by atoms with Crippen molar-refractivity contribution in [3.05, 3.63) is 83.2 Å². The maximum atomic E-state index is 15.0. The number of hydrogen-bond acceptors (Lipinski definition) is 6. The Morgan fingerprint density at radius 2 is 1.54 bits per heavy atom. The number of carbonyl (C=O) groups is 2. The summed E-state index contributed by atoms with van der Waals surface area (Å²) in [4.78, 5) is 31.2. The van der Waals surface area contributed by atoms with Gasteiger partial charge in [-0.25, -0.2) is 9.37 Å². The number of benzene rings is 3. The second kappa shape index (κ2) is 18.0. The molecule has 0 amide bonds. The number of nitrogens with zero attached hydrogens (tertiary/aromatic N) is 2. The van der Waals surface area contributed by atoms with Crippen molar-refractivity contribution in [3.63, 3.8) is 0 Å². The van der Waals surface area contributed by atoms with Crippen molar-refractivity contribution in [2.75, 3.05) is 38.2 Å². The number of allylic oxidation sites excluding steroid dienone is 2. The summed E-state index contributed by atoms with van der Waals surface area (Å²) in [7, 11) is 1.60. The van der Waals surface area contributed by atoms with E-state index in [1.807, 2.05) is 18.2 Å². The molecule has 6 aliphatic carbocycles. The van der Waals surface area contributed by atoms with E-state index >= 15 is 0 Å². The highest BCUT2D eigenvalue weighted by molar-refractivity contribution is 6.08. The first-order chi connectivity index (χ1) is 31.5. The second-order valence-corrected chi connectivity index (χ2v) is 22.8. The predicted molar refractivity (Wildman–Crippen MR) is 268 cm³/mol. The maximum Gasteiger partial charge on any atom is 0.339 e. The predicted octanol–water partition coefficient (Wildman–Crippen LogP) is 10.2. The van der Waals surface area contributed by atoms with Gasteiger partial charge >= 0.3 is 11.9 Å². The first-order valence-corrected chi connectivity index (χ1v) is 25.9. The van der Waals surface area contributed by atoms with Gasteiger partial charge in [0.1, 0.15) is 30.5 Å². The lowest BCUT2D eigenvalue weighted by atomic mass is 9.33. The molecule has 67 heavy (non-hydrogen) atoms. The minimum atomic E-state index is -0.404. The number of rotatable bonds is 9. The summed E-state index contributed by atoms with van der Waals surface area (Å²) >= 11 is 0. The molecule has 0 bridgehead atoms. The number of carbonyl (C=O) groups excluding carboxylic acids is 2. The third-order valence-electron chi connectivity index (χ3n) is 20.1. The lowest BCUT2D eigenvalue weighted by molar-refractivity contribution is -0.207. The van der Waals surface area contributed by atoms with E-state index in [4.69, 9.17) is 13.9 Å². The Labute approximate surface area is 407 Å². The van der Waals surface area contributed by atoms with Gasteiger partial charge in [0.15, 0.2) is 0 Å². The van der Waals surface area contributed by atoms with E-state index in [1.165, 1.54) is 0 Å². The van der Waals surface area contributed by atoms with Gasteiger partial charge in [-0.2, -0.15) is 0 Å². The average Bonchev–Trinajstić information content (AvgIpc) is 3.31. The monoisotopic (exact) mass is 931 g/mol. The highest BCUT2D eigenvalue weighted by Gasteiger charge is 2.70. The smallest absolute Gasteiger partial charge is 0.339 e. The molecule has 4 fully saturated rings. The normalized spacial score (nSPS) is 32.9. The molecule has 7 nitrogen and oxygen atoms in total. The standard InChI is InChI=1S/C59H79N2O5.ClH/c1-13-60(14-2)39-21-23-43-46(35-39)65-47-36-40(61(15-3)16-4)22-24-44(47)51(43)41-19-17-18-20-42(41)53(62)66-50-29-30-56(9)48(55(50,7)8)28-31-58(11)49(56)26-25-45-52-38(6)37(5)27-32-59(52,54(63)64-12)34-33-57(45,58)10;/h17-25,35-38,48-50,52H,13-16,26-34H2,1-12H3;1H/q+1;/p-1/t37-,38+,48+,49-,50+,52+,56+,57-,58-,59+;/m1./s1. The van der Waals surface area contributed by atoms with Gasteiger partial charge < -0.3 is 31.2 Å². The molecule has 9 rings (SSSR count). The van der Waals surface area contributed by atoms with Crippen LogP contribution in [0.2, 0.25) is 0 Å². The molecule has 4 saturated carbocycles. The summed E-state index contributed by atoms with van der Waals surface area (Å²) in [6.07, 6.45) is 11.6. The van der Waals surface area contributed by atoms with E-state index < -0.39 is 5.41 Å². The van der Waals surface area contributed by atoms with Crippen LogP contribution >= 0.6 is 0 Å². The molecule has 0 N–H and O–H groups in total. The van der Waals surface area contributed by atoms with E-state index in [0.29, 0.717) is 29.2 Å². The highest BCUT2D eigenvalue weighted by Crippen LogP contribution is 2.76. The van der Waals surface area contributed by atoms with Crippen LogP contribution in [0.1, 0.15) is 144 Å². The number of methoxy groups -OCH3 is 1. The van der Waals surface area contributed by atoms with Crippen LogP contribution in [0.4, 0.5) is 5.69 Å². The number of hydrogen-bond donors (Lipinski definition) is 0. The van der Waals surface area contributed by atoms with Gasteiger partial charge in [-0.05, 0) is 161 Å². The Morgan fingerprint density at radius 3 is 2.24 bits per heavy atom. The van der Waals surface area contributed by atoms with Gasteiger partial charge in [0.25, 0.3) is 0 Å². The molecule has 1 aliphatic heterocycles. The number of fused-ring (bicyclic) bond motifs is 9. The molecule has 8 heteroatoms. The zero-order chi connectivity index (χ0) is 47.1. The van der Waals surface area contributed by atoms with Gasteiger partial charge in [0.2, 0.25) is 5.36 Å². The first kappa shape index (κ1) is 49.3. The minimum absolute atomic E-state index is 0. The van der Waals surface area contributed by atoms with Crippen LogP contribution in [-0.2, 0) is 14.3 Å². The Kier molecular flexibility index (Phi) is 13.3. The number of anilines is 1. The third-order valence-corrected chi connectivity index (χ3v) is 20.1. The first-order valence-electron chi connectivity index (χ1n) is 25.9. The number of ether oxygens (including phenoxy) is 2. The van der Waals surface area contributed by atoms with Crippen molar-refractivity contribution in [2.45, 2.75) is 140 Å². The molecule has 0 radical (unpaired) electrons. The van der Waals surface area contributed by atoms with Crippen molar-refractivity contribution in [3.8, 4) is 22.5 Å². The molecule has 0 unspecified atom stereocenters. The zero-order valence-corrected chi connectivity index (χ0v) is 43.6. The molecular formula is C59H79ClN2O5. The van der Waals surface area contributed by atoms with Crippen LogP contribution in [0.25, 0.3) is 33.4 Å². The average molecular weight is 932 g/mol. The maximum absolute atomic E-state index is 15.0. The number of esters is 2. The van der Waals surface area contributed by atoms with E-state index in [-0.39, 0.29) is 58.0 Å². The molecule has 0 saturated heterocycles. The largest absolute Gasteiger partial charge is 1.00 e. The number of halogens is 1. The lowest BCUT2D eigenvalue weighted by Crippen LogP contribution is -3.00. The summed E-state index contributed by atoms with van der Waals surface area (Å²) in [5.41, 5.74) is 6.52.